The van der Waals surface area contributed by atoms with E-state index in [9.17, 15) is 0 Å². The van der Waals surface area contributed by atoms with E-state index in [1.165, 1.54) is 5.57 Å². The summed E-state index contributed by atoms with van der Waals surface area (Å²) in [5.41, 5.74) is 1.41. The Balaban J connectivity index is 2.33. The van der Waals surface area contributed by atoms with Crippen molar-refractivity contribution in [2.45, 2.75) is 0 Å². The fourth-order valence-electron chi connectivity index (χ4n) is 1.11. The highest BCUT2D eigenvalue weighted by Crippen LogP contribution is 2.28. The van der Waals surface area contributed by atoms with Gasteiger partial charge in [-0.05, 0) is 16.4 Å². The van der Waals surface area contributed by atoms with Crippen molar-refractivity contribution in [1.82, 2.24) is 0 Å². The Hall–Kier alpha value is -0.690. The van der Waals surface area contributed by atoms with Gasteiger partial charge in [0.2, 0.25) is 0 Å². The van der Waals surface area contributed by atoms with Crippen LogP contribution in [0.15, 0.2) is 46.8 Å². The zero-order chi connectivity index (χ0) is 6.81. The average Bonchev–Trinajstić information content (AvgIpc) is 2.05. The number of thioether (sulfide) groups is 1. The molecule has 1 heterocycles. The Kier molecular flexibility index (Phi) is 1.52. The van der Waals surface area contributed by atoms with Gasteiger partial charge in [0, 0.05) is 5.92 Å². The molecule has 1 aliphatic heterocycles. The largest absolute Gasteiger partial charge is 0.106 e. The van der Waals surface area contributed by atoms with Crippen molar-refractivity contribution in [3.8, 4) is 0 Å². The lowest BCUT2D eigenvalue weighted by molar-refractivity contribution is 0.998. The van der Waals surface area contributed by atoms with Crippen molar-refractivity contribution in [2.24, 2.45) is 5.92 Å². The van der Waals surface area contributed by atoms with Gasteiger partial charge in [-0.3, -0.25) is 0 Å². The summed E-state index contributed by atoms with van der Waals surface area (Å²) in [6, 6.07) is 0. The van der Waals surface area contributed by atoms with E-state index >= 15 is 0 Å². The van der Waals surface area contributed by atoms with Crippen LogP contribution in [-0.4, -0.2) is 0 Å². The lowest BCUT2D eigenvalue weighted by Crippen LogP contribution is -1.98. The summed E-state index contributed by atoms with van der Waals surface area (Å²) in [4.78, 5) is 0. The maximum absolute atomic E-state index is 2.22. The first-order chi connectivity index (χ1) is 4.97. The monoisotopic (exact) mass is 148 g/mol. The normalized spacial score (nSPS) is 28.0. The minimum absolute atomic E-state index is 0.547. The Morgan fingerprint density at radius 1 is 1.20 bits per heavy atom. The standard InChI is InChI=1S/C9H8S/c1-2-4-9-7-10-6-5-8(9)3-1/h1-8H. The number of hydrogen-bond acceptors (Lipinski definition) is 1. The van der Waals surface area contributed by atoms with E-state index in [0.717, 1.165) is 0 Å². The van der Waals surface area contributed by atoms with Gasteiger partial charge in [0.05, 0.1) is 0 Å². The van der Waals surface area contributed by atoms with Crippen LogP contribution in [0.25, 0.3) is 0 Å². The Morgan fingerprint density at radius 3 is 3.10 bits per heavy atom. The van der Waals surface area contributed by atoms with Gasteiger partial charge in [0.25, 0.3) is 0 Å². The van der Waals surface area contributed by atoms with Crippen LogP contribution >= 0.6 is 11.8 Å². The molecule has 0 amide bonds. The zero-order valence-corrected chi connectivity index (χ0v) is 6.34. The van der Waals surface area contributed by atoms with Crippen LogP contribution in [0.1, 0.15) is 0 Å². The van der Waals surface area contributed by atoms with E-state index in [-0.39, 0.29) is 0 Å². The van der Waals surface area contributed by atoms with Gasteiger partial charge >= 0.3 is 0 Å². The highest BCUT2D eigenvalue weighted by atomic mass is 32.2. The second-order valence-electron chi connectivity index (χ2n) is 2.35. The van der Waals surface area contributed by atoms with Crippen molar-refractivity contribution >= 4 is 11.8 Å². The second-order valence-corrected chi connectivity index (χ2v) is 3.13. The Bertz CT molecular complexity index is 243. The summed E-state index contributed by atoms with van der Waals surface area (Å²) < 4.78 is 0. The van der Waals surface area contributed by atoms with Gasteiger partial charge in [-0.15, -0.1) is 11.8 Å². The molecule has 0 N–H and O–H groups in total. The van der Waals surface area contributed by atoms with Crippen molar-refractivity contribution in [3.63, 3.8) is 0 Å². The maximum atomic E-state index is 2.22. The van der Waals surface area contributed by atoms with Crippen molar-refractivity contribution in [2.75, 3.05) is 0 Å². The number of allylic oxidation sites excluding steroid dienone is 6. The van der Waals surface area contributed by atoms with Crippen LogP contribution in [0.5, 0.6) is 0 Å². The molecule has 0 aromatic carbocycles. The topological polar surface area (TPSA) is 0 Å². The lowest BCUT2D eigenvalue weighted by atomic mass is 9.96. The molecule has 0 nitrogen and oxygen atoms in total. The summed E-state index contributed by atoms with van der Waals surface area (Å²) >= 11 is 1.75. The third-order valence-corrected chi connectivity index (χ3v) is 2.39. The molecule has 0 radical (unpaired) electrons. The smallest absolute Gasteiger partial charge is 0.0215 e. The van der Waals surface area contributed by atoms with Gasteiger partial charge in [-0.2, -0.15) is 0 Å². The SMILES string of the molecule is C1=CC2=CSC=CC2C=C1. The van der Waals surface area contributed by atoms with E-state index in [1.54, 1.807) is 11.8 Å². The van der Waals surface area contributed by atoms with Crippen LogP contribution in [0.4, 0.5) is 0 Å². The first-order valence-corrected chi connectivity index (χ1v) is 4.28. The van der Waals surface area contributed by atoms with Gasteiger partial charge in [0.15, 0.2) is 0 Å². The minimum Gasteiger partial charge on any atom is -0.106 e. The second kappa shape index (κ2) is 2.51. The van der Waals surface area contributed by atoms with E-state index in [2.05, 4.69) is 41.2 Å². The molecule has 0 spiro atoms. The predicted molar refractivity (Wildman–Crippen MR) is 46.6 cm³/mol. The molecule has 2 aliphatic rings. The van der Waals surface area contributed by atoms with Crippen molar-refractivity contribution in [3.05, 3.63) is 46.8 Å². The molecule has 0 saturated carbocycles. The predicted octanol–water partition coefficient (Wildman–Crippen LogP) is 2.87. The summed E-state index contributed by atoms with van der Waals surface area (Å²) in [5, 5.41) is 4.34. The van der Waals surface area contributed by atoms with Crippen molar-refractivity contribution < 1.29 is 0 Å². The number of rotatable bonds is 0. The molecule has 1 atom stereocenters. The summed E-state index contributed by atoms with van der Waals surface area (Å²) in [7, 11) is 0. The van der Waals surface area contributed by atoms with E-state index in [1.807, 2.05) is 0 Å². The molecule has 0 fully saturated rings. The summed E-state index contributed by atoms with van der Waals surface area (Å²) in [5.74, 6) is 0.547. The summed E-state index contributed by atoms with van der Waals surface area (Å²) in [6.45, 7) is 0. The Labute approximate surface area is 65.0 Å². The maximum Gasteiger partial charge on any atom is 0.0215 e. The molecule has 0 saturated heterocycles. The van der Waals surface area contributed by atoms with E-state index in [0.29, 0.717) is 5.92 Å². The molecule has 2 rings (SSSR count). The molecule has 0 bridgehead atoms. The van der Waals surface area contributed by atoms with Gasteiger partial charge in [-0.25, -0.2) is 0 Å². The molecule has 50 valence electrons. The first kappa shape index (κ1) is 6.05. The molecular weight excluding hydrogens is 140 g/mol. The molecule has 10 heavy (non-hydrogen) atoms. The fourth-order valence-corrected chi connectivity index (χ4v) is 1.85. The third kappa shape index (κ3) is 0.971. The zero-order valence-electron chi connectivity index (χ0n) is 5.53. The lowest BCUT2D eigenvalue weighted by Gasteiger charge is -2.14. The highest BCUT2D eigenvalue weighted by Gasteiger charge is 2.09. The molecular formula is C9H8S. The first-order valence-electron chi connectivity index (χ1n) is 3.34. The Morgan fingerprint density at radius 2 is 2.20 bits per heavy atom. The molecule has 1 heteroatoms. The van der Waals surface area contributed by atoms with E-state index < -0.39 is 0 Å². The molecule has 0 aromatic rings. The van der Waals surface area contributed by atoms with Crippen molar-refractivity contribution in [1.29, 1.82) is 0 Å². The highest BCUT2D eigenvalue weighted by molar-refractivity contribution is 8.05. The summed E-state index contributed by atoms with van der Waals surface area (Å²) in [6.07, 6.45) is 10.8. The minimum atomic E-state index is 0.547. The average molecular weight is 148 g/mol. The van der Waals surface area contributed by atoms with Crippen LogP contribution in [0.3, 0.4) is 0 Å². The van der Waals surface area contributed by atoms with Gasteiger partial charge in [-0.1, -0.05) is 30.4 Å². The van der Waals surface area contributed by atoms with Crippen LogP contribution in [0.2, 0.25) is 0 Å². The van der Waals surface area contributed by atoms with Gasteiger partial charge < -0.3 is 0 Å². The molecule has 0 aromatic heterocycles. The van der Waals surface area contributed by atoms with E-state index in [4.69, 9.17) is 0 Å². The third-order valence-electron chi connectivity index (χ3n) is 1.67. The molecule has 1 aliphatic carbocycles. The van der Waals surface area contributed by atoms with Crippen LogP contribution in [-0.2, 0) is 0 Å². The number of hydrogen-bond donors (Lipinski definition) is 0. The molecule has 1 unspecified atom stereocenters. The van der Waals surface area contributed by atoms with Gasteiger partial charge in [0.1, 0.15) is 0 Å². The quantitative estimate of drug-likeness (QED) is 0.509. The number of fused-ring (bicyclic) bond motifs is 1. The van der Waals surface area contributed by atoms with Crippen LogP contribution in [0, 0.1) is 5.92 Å². The van der Waals surface area contributed by atoms with Crippen LogP contribution < -0.4 is 0 Å². The fraction of sp³-hybridized carbons (Fsp3) is 0.111.